The number of ether oxygens (including phenoxy) is 1. The van der Waals surface area contributed by atoms with Crippen molar-refractivity contribution in [3.63, 3.8) is 0 Å². The molecule has 2 aromatic rings. The summed E-state index contributed by atoms with van der Waals surface area (Å²) < 4.78 is 6.78. The molecule has 8 heteroatoms. The van der Waals surface area contributed by atoms with Crippen LogP contribution in [0, 0.1) is 12.8 Å². The molecule has 21 heavy (non-hydrogen) atoms. The summed E-state index contributed by atoms with van der Waals surface area (Å²) in [6, 6.07) is 5.29. The van der Waals surface area contributed by atoms with Crippen LogP contribution in [0.1, 0.15) is 5.56 Å². The number of tetrazole rings is 1. The van der Waals surface area contributed by atoms with Crippen molar-refractivity contribution >= 4 is 11.6 Å². The molecule has 2 atom stereocenters. The Bertz CT molecular complexity index is 642. The summed E-state index contributed by atoms with van der Waals surface area (Å²) in [6.45, 7) is 2.72. The minimum absolute atomic E-state index is 0.116. The lowest BCUT2D eigenvalue weighted by Gasteiger charge is -2.14. The van der Waals surface area contributed by atoms with E-state index in [1.54, 1.807) is 4.68 Å². The number of aromatic nitrogens is 4. The highest BCUT2D eigenvalue weighted by Crippen LogP contribution is 2.20. The second kappa shape index (κ2) is 5.58. The third kappa shape index (κ3) is 2.76. The SMILES string of the molecule is Cc1cc(NC(=O)C2COCC2N)ccc1-n1cnnn1. The third-order valence-corrected chi connectivity index (χ3v) is 3.52. The summed E-state index contributed by atoms with van der Waals surface area (Å²) in [5.41, 5.74) is 8.37. The van der Waals surface area contributed by atoms with E-state index in [4.69, 9.17) is 10.5 Å². The van der Waals surface area contributed by atoms with Gasteiger partial charge in [0.1, 0.15) is 6.33 Å². The summed E-state index contributed by atoms with van der Waals surface area (Å²) in [7, 11) is 0. The first-order chi connectivity index (χ1) is 10.1. The van der Waals surface area contributed by atoms with Gasteiger partial charge in [-0.25, -0.2) is 4.68 Å². The highest BCUT2D eigenvalue weighted by molar-refractivity contribution is 5.93. The van der Waals surface area contributed by atoms with Crippen molar-refractivity contribution in [2.45, 2.75) is 13.0 Å². The normalized spacial score (nSPS) is 21.4. The van der Waals surface area contributed by atoms with E-state index >= 15 is 0 Å². The monoisotopic (exact) mass is 288 g/mol. The molecule has 0 spiro atoms. The summed E-state index contributed by atoms with van der Waals surface area (Å²) in [5, 5.41) is 13.9. The van der Waals surface area contributed by atoms with Crippen LogP contribution in [0.25, 0.3) is 5.69 Å². The number of carbonyl (C=O) groups excluding carboxylic acids is 1. The topological polar surface area (TPSA) is 108 Å². The second-order valence-electron chi connectivity index (χ2n) is 5.05. The first kappa shape index (κ1) is 13.7. The summed E-state index contributed by atoms with van der Waals surface area (Å²) in [4.78, 5) is 12.1. The van der Waals surface area contributed by atoms with Gasteiger partial charge in [0, 0.05) is 11.7 Å². The van der Waals surface area contributed by atoms with Crippen LogP contribution in [-0.2, 0) is 9.53 Å². The predicted octanol–water partition coefficient (Wildman–Crippen LogP) is -0.117. The van der Waals surface area contributed by atoms with Crippen molar-refractivity contribution in [3.05, 3.63) is 30.1 Å². The first-order valence-corrected chi connectivity index (χ1v) is 6.63. The zero-order valence-corrected chi connectivity index (χ0v) is 11.6. The molecular weight excluding hydrogens is 272 g/mol. The van der Waals surface area contributed by atoms with Gasteiger partial charge >= 0.3 is 0 Å². The number of hydrogen-bond acceptors (Lipinski definition) is 6. The Kier molecular flexibility index (Phi) is 3.63. The Balaban J connectivity index is 1.75. The lowest BCUT2D eigenvalue weighted by atomic mass is 10.0. The minimum Gasteiger partial charge on any atom is -0.379 e. The Morgan fingerprint density at radius 2 is 2.33 bits per heavy atom. The molecule has 8 nitrogen and oxygen atoms in total. The standard InChI is InChI=1S/C13H16N6O2/c1-8-4-9(2-3-12(8)19-7-15-17-18-19)16-13(20)10-5-21-6-11(10)14/h2-4,7,10-11H,5-6,14H2,1H3,(H,16,20). The van der Waals surface area contributed by atoms with E-state index in [9.17, 15) is 4.79 Å². The van der Waals surface area contributed by atoms with Gasteiger partial charge in [0.15, 0.2) is 0 Å². The highest BCUT2D eigenvalue weighted by Gasteiger charge is 2.31. The van der Waals surface area contributed by atoms with Gasteiger partial charge in [0.05, 0.1) is 24.8 Å². The van der Waals surface area contributed by atoms with Gasteiger partial charge in [-0.15, -0.1) is 5.10 Å². The molecule has 1 aliphatic rings. The van der Waals surface area contributed by atoms with Gasteiger partial charge in [0.2, 0.25) is 5.91 Å². The average molecular weight is 288 g/mol. The number of nitrogens with one attached hydrogen (secondary N) is 1. The van der Waals surface area contributed by atoms with E-state index in [1.165, 1.54) is 6.33 Å². The van der Waals surface area contributed by atoms with E-state index in [0.717, 1.165) is 11.3 Å². The smallest absolute Gasteiger partial charge is 0.231 e. The van der Waals surface area contributed by atoms with Crippen molar-refractivity contribution < 1.29 is 9.53 Å². The number of anilines is 1. The maximum absolute atomic E-state index is 12.1. The summed E-state index contributed by atoms with van der Waals surface area (Å²) in [5.74, 6) is -0.418. The number of aryl methyl sites for hydroxylation is 1. The summed E-state index contributed by atoms with van der Waals surface area (Å²) in [6.07, 6.45) is 1.52. The third-order valence-electron chi connectivity index (χ3n) is 3.52. The van der Waals surface area contributed by atoms with Crippen LogP contribution in [0.4, 0.5) is 5.69 Å². The fourth-order valence-corrected chi connectivity index (χ4v) is 2.34. The number of benzene rings is 1. The van der Waals surface area contributed by atoms with E-state index < -0.39 is 0 Å². The lowest BCUT2D eigenvalue weighted by molar-refractivity contribution is -0.120. The van der Waals surface area contributed by atoms with Gasteiger partial charge in [-0.1, -0.05) is 0 Å². The molecule has 110 valence electrons. The molecule has 1 aromatic heterocycles. The number of amides is 1. The van der Waals surface area contributed by atoms with Crippen LogP contribution in [-0.4, -0.2) is 45.4 Å². The van der Waals surface area contributed by atoms with Gasteiger partial charge in [-0.05, 0) is 41.1 Å². The molecule has 1 fully saturated rings. The zero-order valence-electron chi connectivity index (χ0n) is 11.6. The van der Waals surface area contributed by atoms with E-state index in [-0.39, 0.29) is 17.9 Å². The Morgan fingerprint density at radius 1 is 1.48 bits per heavy atom. The zero-order chi connectivity index (χ0) is 14.8. The summed E-state index contributed by atoms with van der Waals surface area (Å²) >= 11 is 0. The lowest BCUT2D eigenvalue weighted by Crippen LogP contribution is -2.37. The van der Waals surface area contributed by atoms with Crippen LogP contribution in [0.3, 0.4) is 0 Å². The molecule has 1 amide bonds. The molecule has 2 heterocycles. The number of carbonyl (C=O) groups is 1. The number of hydrogen-bond donors (Lipinski definition) is 2. The van der Waals surface area contributed by atoms with E-state index in [2.05, 4.69) is 20.8 Å². The number of nitrogens with two attached hydrogens (primary N) is 1. The molecule has 0 saturated carbocycles. The predicted molar refractivity (Wildman–Crippen MR) is 74.8 cm³/mol. The van der Waals surface area contributed by atoms with Crippen LogP contribution in [0.2, 0.25) is 0 Å². The van der Waals surface area contributed by atoms with Gasteiger partial charge in [-0.3, -0.25) is 4.79 Å². The Labute approximate surface area is 121 Å². The van der Waals surface area contributed by atoms with Crippen LogP contribution in [0.15, 0.2) is 24.5 Å². The largest absolute Gasteiger partial charge is 0.379 e. The molecule has 1 aliphatic heterocycles. The maximum Gasteiger partial charge on any atom is 0.231 e. The maximum atomic E-state index is 12.1. The number of rotatable bonds is 3. The molecule has 1 saturated heterocycles. The van der Waals surface area contributed by atoms with Crippen LogP contribution < -0.4 is 11.1 Å². The molecule has 0 radical (unpaired) electrons. The second-order valence-corrected chi connectivity index (χ2v) is 5.05. The van der Waals surface area contributed by atoms with Gasteiger partial charge in [0.25, 0.3) is 0 Å². The van der Waals surface area contributed by atoms with Crippen LogP contribution in [0.5, 0.6) is 0 Å². The molecule has 0 aliphatic carbocycles. The van der Waals surface area contributed by atoms with Crippen molar-refractivity contribution in [3.8, 4) is 5.69 Å². The van der Waals surface area contributed by atoms with Crippen molar-refractivity contribution in [2.24, 2.45) is 11.7 Å². The van der Waals surface area contributed by atoms with Crippen molar-refractivity contribution in [1.29, 1.82) is 0 Å². The quantitative estimate of drug-likeness (QED) is 0.815. The molecule has 3 N–H and O–H groups in total. The fourth-order valence-electron chi connectivity index (χ4n) is 2.34. The van der Waals surface area contributed by atoms with Gasteiger partial charge < -0.3 is 15.8 Å². The molecule has 3 rings (SSSR count). The first-order valence-electron chi connectivity index (χ1n) is 6.63. The van der Waals surface area contributed by atoms with E-state index in [0.29, 0.717) is 18.9 Å². The average Bonchev–Trinajstić information content (AvgIpc) is 3.10. The Morgan fingerprint density at radius 3 is 2.95 bits per heavy atom. The minimum atomic E-state index is -0.301. The Hall–Kier alpha value is -2.32. The van der Waals surface area contributed by atoms with Crippen LogP contribution >= 0.6 is 0 Å². The molecular formula is C13H16N6O2. The highest BCUT2D eigenvalue weighted by atomic mass is 16.5. The molecule has 1 aromatic carbocycles. The van der Waals surface area contributed by atoms with E-state index in [1.807, 2.05) is 25.1 Å². The van der Waals surface area contributed by atoms with Crippen molar-refractivity contribution in [2.75, 3.05) is 18.5 Å². The molecule has 0 bridgehead atoms. The van der Waals surface area contributed by atoms with Crippen molar-refractivity contribution in [1.82, 2.24) is 20.2 Å². The van der Waals surface area contributed by atoms with Gasteiger partial charge in [-0.2, -0.15) is 0 Å². The fraction of sp³-hybridized carbons (Fsp3) is 0.385. The number of nitrogens with zero attached hydrogens (tertiary/aromatic N) is 4. The molecule has 2 unspecified atom stereocenters.